The molecule has 4 aromatic rings. The summed E-state index contributed by atoms with van der Waals surface area (Å²) in [5, 5.41) is 38.7. The molecule has 0 unspecified atom stereocenters. The van der Waals surface area contributed by atoms with Gasteiger partial charge in [-0.2, -0.15) is 0 Å². The third kappa shape index (κ3) is 9.07. The Hall–Kier alpha value is -2.44. The highest BCUT2D eigenvalue weighted by Crippen LogP contribution is 2.25. The van der Waals surface area contributed by atoms with Crippen LogP contribution in [0.5, 0.6) is 0 Å². The molecule has 10 heteroatoms. The van der Waals surface area contributed by atoms with Crippen molar-refractivity contribution in [2.45, 2.75) is 13.2 Å². The highest BCUT2D eigenvalue weighted by Gasteiger charge is 2.09. The standard InChI is InChI=1S/C12H10O2S.C7H9BO3.C5H3BrOS/c13-6-9-1-3-10(4-2-9)11-5-12(7-14)15-8-11;9-5-6-1-3-7(4-2-6)8(10)11;6-4-1-5(2-7)8-3-4/h1-5,7-8,13H,6H2;1-4,9-11H,5H2;1-3H. The highest BCUT2D eigenvalue weighted by atomic mass is 79.9. The lowest BCUT2D eigenvalue weighted by molar-refractivity contribution is 0.111. The third-order valence-electron chi connectivity index (χ3n) is 4.37. The molecule has 6 nitrogen and oxygen atoms in total. The molecule has 0 spiro atoms. The monoisotopic (exact) mass is 560 g/mol. The van der Waals surface area contributed by atoms with E-state index in [4.69, 9.17) is 20.3 Å². The second kappa shape index (κ2) is 14.7. The summed E-state index contributed by atoms with van der Waals surface area (Å²) in [6.45, 7) is 0.0330. The molecule has 176 valence electrons. The lowest BCUT2D eigenvalue weighted by Crippen LogP contribution is -2.29. The summed E-state index contributed by atoms with van der Waals surface area (Å²) >= 11 is 6.10. The van der Waals surface area contributed by atoms with Gasteiger partial charge < -0.3 is 20.3 Å². The van der Waals surface area contributed by atoms with Gasteiger partial charge in [-0.25, -0.2) is 0 Å². The fourth-order valence-corrected chi connectivity index (χ4v) is 4.52. The van der Waals surface area contributed by atoms with Gasteiger partial charge in [-0.1, -0.05) is 48.5 Å². The Morgan fingerprint density at radius 2 is 1.24 bits per heavy atom. The number of aliphatic hydroxyl groups is 2. The molecule has 0 amide bonds. The van der Waals surface area contributed by atoms with E-state index in [9.17, 15) is 9.59 Å². The van der Waals surface area contributed by atoms with E-state index >= 15 is 0 Å². The average molecular weight is 561 g/mol. The Kier molecular flexibility index (Phi) is 12.1. The lowest BCUT2D eigenvalue weighted by Gasteiger charge is -1.99. The van der Waals surface area contributed by atoms with Gasteiger partial charge in [-0.3, -0.25) is 9.59 Å². The van der Waals surface area contributed by atoms with Gasteiger partial charge in [0, 0.05) is 9.85 Å². The van der Waals surface area contributed by atoms with Gasteiger partial charge in [-0.15, -0.1) is 22.7 Å². The number of benzene rings is 2. The van der Waals surface area contributed by atoms with Crippen molar-refractivity contribution in [2.75, 3.05) is 0 Å². The van der Waals surface area contributed by atoms with Crippen molar-refractivity contribution >= 4 is 63.8 Å². The number of thiophene rings is 2. The van der Waals surface area contributed by atoms with Crippen LogP contribution in [0.3, 0.4) is 0 Å². The van der Waals surface area contributed by atoms with Crippen LogP contribution in [0.4, 0.5) is 0 Å². The summed E-state index contributed by atoms with van der Waals surface area (Å²) in [7, 11) is -1.43. The normalized spacial score (nSPS) is 9.79. The summed E-state index contributed by atoms with van der Waals surface area (Å²) in [6.07, 6.45) is 1.70. The molecule has 0 atom stereocenters. The number of halogens is 1. The fraction of sp³-hybridized carbons (Fsp3) is 0.0833. The maximum Gasteiger partial charge on any atom is 0.488 e. The molecule has 0 fully saturated rings. The zero-order valence-corrected chi connectivity index (χ0v) is 21.1. The Labute approximate surface area is 214 Å². The van der Waals surface area contributed by atoms with Crippen molar-refractivity contribution in [2.24, 2.45) is 0 Å². The highest BCUT2D eigenvalue weighted by molar-refractivity contribution is 9.10. The van der Waals surface area contributed by atoms with Crippen molar-refractivity contribution in [1.82, 2.24) is 0 Å². The number of aldehydes is 2. The van der Waals surface area contributed by atoms with Crippen LogP contribution in [0.2, 0.25) is 0 Å². The summed E-state index contributed by atoms with van der Waals surface area (Å²) in [5.41, 5.74) is 4.20. The molecule has 2 aromatic heterocycles. The van der Waals surface area contributed by atoms with E-state index in [1.165, 1.54) is 22.7 Å². The molecule has 4 N–H and O–H groups in total. The minimum atomic E-state index is -1.43. The van der Waals surface area contributed by atoms with Crippen molar-refractivity contribution < 1.29 is 29.9 Å². The molecule has 2 heterocycles. The van der Waals surface area contributed by atoms with E-state index in [0.29, 0.717) is 5.46 Å². The molecule has 0 saturated carbocycles. The molecular formula is C24H22BBrO6S2. The van der Waals surface area contributed by atoms with Gasteiger partial charge in [-0.05, 0) is 61.2 Å². The van der Waals surface area contributed by atoms with Gasteiger partial charge in [0.2, 0.25) is 0 Å². The number of carbonyl (C=O) groups is 2. The van der Waals surface area contributed by atoms with Crippen LogP contribution in [-0.4, -0.2) is 40.0 Å². The number of hydrogen-bond acceptors (Lipinski definition) is 8. The van der Waals surface area contributed by atoms with Gasteiger partial charge in [0.15, 0.2) is 12.6 Å². The van der Waals surface area contributed by atoms with E-state index in [2.05, 4.69) is 15.9 Å². The summed E-state index contributed by atoms with van der Waals surface area (Å²) in [5.74, 6) is 0. The minimum Gasteiger partial charge on any atom is -0.423 e. The number of hydrogen-bond donors (Lipinski definition) is 4. The maximum atomic E-state index is 10.5. The quantitative estimate of drug-likeness (QED) is 0.210. The molecule has 34 heavy (non-hydrogen) atoms. The van der Waals surface area contributed by atoms with Gasteiger partial charge in [0.25, 0.3) is 0 Å². The predicted molar refractivity (Wildman–Crippen MR) is 141 cm³/mol. The Morgan fingerprint density at radius 1 is 0.735 bits per heavy atom. The van der Waals surface area contributed by atoms with Crippen molar-refractivity contribution in [1.29, 1.82) is 0 Å². The second-order valence-electron chi connectivity index (χ2n) is 6.77. The smallest absolute Gasteiger partial charge is 0.423 e. The molecule has 2 aromatic carbocycles. The number of aliphatic hydroxyl groups excluding tert-OH is 2. The lowest BCUT2D eigenvalue weighted by atomic mass is 9.80. The van der Waals surface area contributed by atoms with E-state index < -0.39 is 7.12 Å². The van der Waals surface area contributed by atoms with Crippen LogP contribution < -0.4 is 5.46 Å². The van der Waals surface area contributed by atoms with Gasteiger partial charge in [0.1, 0.15) is 0 Å². The molecule has 4 rings (SSSR count). The zero-order valence-electron chi connectivity index (χ0n) is 17.9. The minimum absolute atomic E-state index is 0.0260. The van der Waals surface area contributed by atoms with Crippen molar-refractivity contribution in [3.05, 3.63) is 96.8 Å². The van der Waals surface area contributed by atoms with E-state index in [1.807, 2.05) is 41.1 Å². The molecule has 0 saturated heterocycles. The Bertz CT molecular complexity index is 1160. The first-order valence-electron chi connectivity index (χ1n) is 9.89. The Morgan fingerprint density at radius 3 is 1.62 bits per heavy atom. The molecule has 0 bridgehead atoms. The number of rotatable bonds is 6. The summed E-state index contributed by atoms with van der Waals surface area (Å²) < 4.78 is 0.976. The van der Waals surface area contributed by atoms with Crippen LogP contribution in [0.15, 0.2) is 75.9 Å². The Balaban J connectivity index is 0.000000190. The summed E-state index contributed by atoms with van der Waals surface area (Å²) in [4.78, 5) is 22.0. The first-order valence-corrected chi connectivity index (χ1v) is 12.4. The van der Waals surface area contributed by atoms with Crippen molar-refractivity contribution in [3.8, 4) is 11.1 Å². The van der Waals surface area contributed by atoms with Gasteiger partial charge >= 0.3 is 7.12 Å². The second-order valence-corrected chi connectivity index (χ2v) is 9.57. The van der Waals surface area contributed by atoms with Crippen LogP contribution in [-0.2, 0) is 13.2 Å². The van der Waals surface area contributed by atoms with Gasteiger partial charge in [0.05, 0.1) is 23.0 Å². The molecule has 0 aliphatic carbocycles. The van der Waals surface area contributed by atoms with Crippen LogP contribution in [0.1, 0.15) is 30.5 Å². The first kappa shape index (κ1) is 27.8. The van der Waals surface area contributed by atoms with E-state index in [1.54, 1.807) is 30.3 Å². The fourth-order valence-electron chi connectivity index (χ4n) is 2.55. The summed E-state index contributed by atoms with van der Waals surface area (Å²) in [6, 6.07) is 17.7. The third-order valence-corrected chi connectivity index (χ3v) is 6.85. The molecular weight excluding hydrogens is 539 g/mol. The van der Waals surface area contributed by atoms with Crippen molar-refractivity contribution in [3.63, 3.8) is 0 Å². The van der Waals surface area contributed by atoms with Crippen LogP contribution >= 0.6 is 38.6 Å². The maximum absolute atomic E-state index is 10.5. The average Bonchev–Trinajstić information content (AvgIpc) is 3.54. The van der Waals surface area contributed by atoms with Crippen LogP contribution in [0.25, 0.3) is 11.1 Å². The van der Waals surface area contributed by atoms with E-state index in [-0.39, 0.29) is 13.2 Å². The molecule has 0 radical (unpaired) electrons. The largest absolute Gasteiger partial charge is 0.488 e. The molecule has 0 aliphatic rings. The first-order chi connectivity index (χ1) is 16.4. The SMILES string of the molecule is O=Cc1cc(-c2ccc(CO)cc2)cs1.O=Cc1cc(Br)cs1.OCc1ccc(B(O)O)cc1. The predicted octanol–water partition coefficient (Wildman–Crippen LogP) is 3.90. The molecule has 0 aliphatic heterocycles. The van der Waals surface area contributed by atoms with E-state index in [0.717, 1.165) is 49.1 Å². The topological polar surface area (TPSA) is 115 Å². The van der Waals surface area contributed by atoms with Crippen LogP contribution in [0, 0.1) is 0 Å². The number of carbonyl (C=O) groups excluding carboxylic acids is 2. The zero-order chi connectivity index (χ0) is 24.9.